The van der Waals surface area contributed by atoms with Crippen molar-refractivity contribution in [3.05, 3.63) is 83.9 Å². The SMILES string of the molecule is CN(CCOc1ccc(Cl)cc1)CC(=O)Nc1ccc(-c2ccccc2)cc1. The number of amides is 1. The van der Waals surface area contributed by atoms with Gasteiger partial charge < -0.3 is 10.1 Å². The summed E-state index contributed by atoms with van der Waals surface area (Å²) in [6.07, 6.45) is 0. The molecule has 0 aromatic heterocycles. The molecule has 0 aliphatic rings. The van der Waals surface area contributed by atoms with Crippen LogP contribution < -0.4 is 10.1 Å². The first-order valence-corrected chi connectivity index (χ1v) is 9.50. The molecular formula is C23H23ClN2O2. The van der Waals surface area contributed by atoms with Gasteiger partial charge >= 0.3 is 0 Å². The molecule has 3 aromatic rings. The minimum Gasteiger partial charge on any atom is -0.492 e. The Labute approximate surface area is 170 Å². The van der Waals surface area contributed by atoms with Gasteiger partial charge in [0.15, 0.2) is 0 Å². The molecule has 0 fully saturated rings. The summed E-state index contributed by atoms with van der Waals surface area (Å²) in [6, 6.07) is 25.2. The van der Waals surface area contributed by atoms with Crippen molar-refractivity contribution in [3.63, 3.8) is 0 Å². The van der Waals surface area contributed by atoms with E-state index in [-0.39, 0.29) is 5.91 Å². The van der Waals surface area contributed by atoms with Crippen LogP contribution in [0.5, 0.6) is 5.75 Å². The molecule has 0 bridgehead atoms. The molecule has 0 radical (unpaired) electrons. The Morgan fingerprint density at radius 3 is 2.25 bits per heavy atom. The lowest BCUT2D eigenvalue weighted by Crippen LogP contribution is -2.33. The second kappa shape index (κ2) is 9.93. The molecule has 3 rings (SSSR count). The van der Waals surface area contributed by atoms with Crippen molar-refractivity contribution in [3.8, 4) is 16.9 Å². The predicted octanol–water partition coefficient (Wildman–Crippen LogP) is 4.96. The fourth-order valence-corrected chi connectivity index (χ4v) is 2.88. The summed E-state index contributed by atoms with van der Waals surface area (Å²) in [5.41, 5.74) is 3.06. The van der Waals surface area contributed by atoms with Gasteiger partial charge in [-0.3, -0.25) is 9.69 Å². The standard InChI is InChI=1S/C23H23ClN2O2/c1-26(15-16-28-22-13-9-20(24)10-14-22)17-23(27)25-21-11-7-19(8-12-21)18-5-3-2-4-6-18/h2-14H,15-17H2,1H3,(H,25,27). The number of ether oxygens (including phenoxy) is 1. The summed E-state index contributed by atoms with van der Waals surface area (Å²) in [4.78, 5) is 14.2. The third-order valence-corrected chi connectivity index (χ3v) is 4.50. The lowest BCUT2D eigenvalue weighted by atomic mass is 10.1. The van der Waals surface area contributed by atoms with Gasteiger partial charge in [-0.15, -0.1) is 0 Å². The number of carbonyl (C=O) groups excluding carboxylic acids is 1. The smallest absolute Gasteiger partial charge is 0.238 e. The lowest BCUT2D eigenvalue weighted by molar-refractivity contribution is -0.117. The van der Waals surface area contributed by atoms with Crippen LogP contribution in [0.25, 0.3) is 11.1 Å². The maximum atomic E-state index is 12.2. The van der Waals surface area contributed by atoms with Crippen molar-refractivity contribution < 1.29 is 9.53 Å². The van der Waals surface area contributed by atoms with E-state index in [1.54, 1.807) is 12.1 Å². The molecule has 0 aliphatic heterocycles. The van der Waals surface area contributed by atoms with Crippen LogP contribution in [0, 0.1) is 0 Å². The van der Waals surface area contributed by atoms with Crippen LogP contribution in [0.3, 0.4) is 0 Å². The highest BCUT2D eigenvalue weighted by Crippen LogP contribution is 2.21. The minimum absolute atomic E-state index is 0.0542. The molecule has 28 heavy (non-hydrogen) atoms. The van der Waals surface area contributed by atoms with Crippen LogP contribution in [0.15, 0.2) is 78.9 Å². The van der Waals surface area contributed by atoms with E-state index in [9.17, 15) is 4.79 Å². The average Bonchev–Trinajstić information content (AvgIpc) is 2.70. The number of anilines is 1. The predicted molar refractivity (Wildman–Crippen MR) is 115 cm³/mol. The van der Waals surface area contributed by atoms with E-state index in [1.165, 1.54) is 0 Å². The average molecular weight is 395 g/mol. The molecular weight excluding hydrogens is 372 g/mol. The molecule has 0 saturated heterocycles. The van der Waals surface area contributed by atoms with Crippen molar-refractivity contribution in [2.75, 3.05) is 32.1 Å². The molecule has 0 aliphatic carbocycles. The Bertz CT molecular complexity index is 881. The summed E-state index contributed by atoms with van der Waals surface area (Å²) in [5.74, 6) is 0.710. The molecule has 0 unspecified atom stereocenters. The molecule has 0 heterocycles. The Morgan fingerprint density at radius 2 is 1.57 bits per heavy atom. The first kappa shape index (κ1) is 19.9. The Morgan fingerprint density at radius 1 is 0.929 bits per heavy atom. The first-order chi connectivity index (χ1) is 13.6. The minimum atomic E-state index is -0.0542. The highest BCUT2D eigenvalue weighted by Gasteiger charge is 2.07. The van der Waals surface area contributed by atoms with Gasteiger partial charge in [-0.25, -0.2) is 0 Å². The normalized spacial score (nSPS) is 10.7. The molecule has 0 atom stereocenters. The van der Waals surface area contributed by atoms with Crippen molar-refractivity contribution in [1.29, 1.82) is 0 Å². The molecule has 144 valence electrons. The zero-order valence-corrected chi connectivity index (χ0v) is 16.5. The van der Waals surface area contributed by atoms with Crippen molar-refractivity contribution in [2.24, 2.45) is 0 Å². The second-order valence-electron chi connectivity index (χ2n) is 6.53. The Balaban J connectivity index is 1.42. The number of benzene rings is 3. The van der Waals surface area contributed by atoms with Crippen LogP contribution in [0.1, 0.15) is 0 Å². The van der Waals surface area contributed by atoms with Gasteiger partial charge in [0.05, 0.1) is 6.54 Å². The van der Waals surface area contributed by atoms with E-state index in [0.717, 1.165) is 22.6 Å². The molecule has 1 amide bonds. The van der Waals surface area contributed by atoms with Crippen LogP contribution in [0.2, 0.25) is 5.02 Å². The van der Waals surface area contributed by atoms with Crippen LogP contribution in [0.4, 0.5) is 5.69 Å². The summed E-state index contributed by atoms with van der Waals surface area (Å²) in [5, 5.41) is 3.61. The highest BCUT2D eigenvalue weighted by atomic mass is 35.5. The maximum absolute atomic E-state index is 12.2. The number of hydrogen-bond acceptors (Lipinski definition) is 3. The fourth-order valence-electron chi connectivity index (χ4n) is 2.75. The van der Waals surface area contributed by atoms with Gasteiger partial charge in [-0.2, -0.15) is 0 Å². The van der Waals surface area contributed by atoms with Crippen LogP contribution in [-0.2, 0) is 4.79 Å². The third-order valence-electron chi connectivity index (χ3n) is 4.24. The monoisotopic (exact) mass is 394 g/mol. The number of nitrogens with one attached hydrogen (secondary N) is 1. The number of carbonyl (C=O) groups is 1. The van der Waals surface area contributed by atoms with Gasteiger partial charge in [-0.1, -0.05) is 54.1 Å². The van der Waals surface area contributed by atoms with E-state index in [4.69, 9.17) is 16.3 Å². The number of rotatable bonds is 8. The Kier molecular flexibility index (Phi) is 7.06. The van der Waals surface area contributed by atoms with Gasteiger partial charge in [0.1, 0.15) is 12.4 Å². The quantitative estimate of drug-likeness (QED) is 0.587. The van der Waals surface area contributed by atoms with E-state index in [2.05, 4.69) is 17.4 Å². The zero-order chi connectivity index (χ0) is 19.8. The van der Waals surface area contributed by atoms with Crippen LogP contribution >= 0.6 is 11.6 Å². The van der Waals surface area contributed by atoms with E-state index < -0.39 is 0 Å². The van der Waals surface area contributed by atoms with Gasteiger partial charge in [0, 0.05) is 17.3 Å². The van der Waals surface area contributed by atoms with Crippen molar-refractivity contribution in [2.45, 2.75) is 0 Å². The van der Waals surface area contributed by atoms with Crippen molar-refractivity contribution in [1.82, 2.24) is 4.90 Å². The highest BCUT2D eigenvalue weighted by molar-refractivity contribution is 6.30. The Hall–Kier alpha value is -2.82. The van der Waals surface area contributed by atoms with Gasteiger partial charge in [-0.05, 0) is 54.6 Å². The van der Waals surface area contributed by atoms with E-state index >= 15 is 0 Å². The molecule has 0 saturated carbocycles. The summed E-state index contributed by atoms with van der Waals surface area (Å²) in [7, 11) is 1.89. The molecule has 0 spiro atoms. The molecule has 5 heteroatoms. The van der Waals surface area contributed by atoms with Gasteiger partial charge in [0.25, 0.3) is 0 Å². The topological polar surface area (TPSA) is 41.6 Å². The maximum Gasteiger partial charge on any atom is 0.238 e. The molecule has 4 nitrogen and oxygen atoms in total. The first-order valence-electron chi connectivity index (χ1n) is 9.12. The summed E-state index contributed by atoms with van der Waals surface area (Å²) in [6.45, 7) is 1.44. The lowest BCUT2D eigenvalue weighted by Gasteiger charge is -2.17. The van der Waals surface area contributed by atoms with Gasteiger partial charge in [0.2, 0.25) is 5.91 Å². The summed E-state index contributed by atoms with van der Waals surface area (Å²) < 4.78 is 5.65. The number of likely N-dealkylation sites (N-methyl/N-ethyl adjacent to an activating group) is 1. The molecule has 1 N–H and O–H groups in total. The number of nitrogens with zero attached hydrogens (tertiary/aromatic N) is 1. The zero-order valence-electron chi connectivity index (χ0n) is 15.8. The second-order valence-corrected chi connectivity index (χ2v) is 6.97. The van der Waals surface area contributed by atoms with E-state index in [1.807, 2.05) is 66.5 Å². The van der Waals surface area contributed by atoms with E-state index in [0.29, 0.717) is 24.7 Å². The largest absolute Gasteiger partial charge is 0.492 e. The number of halogens is 1. The number of hydrogen-bond donors (Lipinski definition) is 1. The third kappa shape index (κ3) is 6.12. The molecule has 3 aromatic carbocycles. The summed E-state index contributed by atoms with van der Waals surface area (Å²) >= 11 is 5.85. The van der Waals surface area contributed by atoms with Crippen LogP contribution in [-0.4, -0.2) is 37.6 Å². The van der Waals surface area contributed by atoms with Crippen molar-refractivity contribution >= 4 is 23.2 Å². The fraction of sp³-hybridized carbons (Fsp3) is 0.174.